The Morgan fingerprint density at radius 1 is 0.346 bits per heavy atom. The Balaban J connectivity index is 3.97. The summed E-state index contributed by atoms with van der Waals surface area (Å²) in [6.07, 6.45) is 48.0. The van der Waals surface area contributed by atoms with Crippen LogP contribution in [0.2, 0.25) is 0 Å². The van der Waals surface area contributed by atoms with Crippen LogP contribution in [0, 0.1) is 0 Å². The first-order valence-electron chi connectivity index (χ1n) is 23.5. The average Bonchev–Trinajstić information content (AvgIpc) is 3.15. The van der Waals surface area contributed by atoms with Gasteiger partial charge in [0.05, 0.1) is 16.3 Å². The van der Waals surface area contributed by atoms with Crippen molar-refractivity contribution in [3.63, 3.8) is 0 Å². The van der Waals surface area contributed by atoms with Crippen LogP contribution in [0.15, 0.2) is 0 Å². The topological polar surface area (TPSA) is 27.7 Å². The summed E-state index contributed by atoms with van der Waals surface area (Å²) in [7, 11) is -0.645. The Kier molecular flexibility index (Phi) is 45.6. The number of rotatable bonds is 45. The van der Waals surface area contributed by atoms with E-state index in [4.69, 9.17) is 14.0 Å². The maximum Gasteiger partial charge on any atom is 0.641 e. The molecule has 0 aromatic heterocycles. The van der Waals surface area contributed by atoms with Gasteiger partial charge in [0.15, 0.2) is 0 Å². The van der Waals surface area contributed by atoms with Crippen LogP contribution in [0.5, 0.6) is 0 Å². The van der Waals surface area contributed by atoms with Crippen LogP contribution in [0.4, 0.5) is 0 Å². The standard InChI is InChI=1S/C45H93BO3S3/c1-6-11-13-15-17-19-21-23-25-27-29-31-33-35-37-39-41-51-44(9-4)48-46(47-43(50)8-3)49-45(10-5)52-42-40-38-36-34-32-30-28-26-24-22-20-18-16-14-12-7-2/h43-45,50H,6-42H2,1-5H3. The zero-order chi connectivity index (χ0) is 38.0. The van der Waals surface area contributed by atoms with E-state index in [1.54, 1.807) is 0 Å². The van der Waals surface area contributed by atoms with Gasteiger partial charge in [-0.05, 0) is 43.6 Å². The van der Waals surface area contributed by atoms with Crippen molar-refractivity contribution >= 4 is 43.5 Å². The Labute approximate surface area is 342 Å². The van der Waals surface area contributed by atoms with E-state index in [-0.39, 0.29) is 16.3 Å². The summed E-state index contributed by atoms with van der Waals surface area (Å²) in [5, 5.41) is 0. The third-order valence-corrected chi connectivity index (χ3v) is 13.6. The highest BCUT2D eigenvalue weighted by Gasteiger charge is 2.31. The molecule has 0 aliphatic rings. The average molecular weight is 789 g/mol. The molecule has 0 aromatic rings. The van der Waals surface area contributed by atoms with Crippen LogP contribution in [-0.4, -0.2) is 35.1 Å². The van der Waals surface area contributed by atoms with Gasteiger partial charge >= 0.3 is 7.32 Å². The monoisotopic (exact) mass is 789 g/mol. The van der Waals surface area contributed by atoms with Gasteiger partial charge in [-0.3, -0.25) is 0 Å². The van der Waals surface area contributed by atoms with E-state index in [1.165, 1.54) is 205 Å². The van der Waals surface area contributed by atoms with E-state index >= 15 is 0 Å². The van der Waals surface area contributed by atoms with Crippen LogP contribution in [0.3, 0.4) is 0 Å². The van der Waals surface area contributed by atoms with E-state index < -0.39 is 7.32 Å². The lowest BCUT2D eigenvalue weighted by molar-refractivity contribution is 0.0671. The van der Waals surface area contributed by atoms with E-state index in [0.717, 1.165) is 30.8 Å². The molecule has 0 aromatic carbocycles. The molecular formula is C45H93BO3S3. The molecule has 0 saturated carbocycles. The molecule has 0 amide bonds. The second kappa shape index (κ2) is 44.7. The van der Waals surface area contributed by atoms with Crippen molar-refractivity contribution in [1.29, 1.82) is 0 Å². The predicted molar refractivity (Wildman–Crippen MR) is 244 cm³/mol. The highest BCUT2D eigenvalue weighted by atomic mass is 32.2. The molecule has 52 heavy (non-hydrogen) atoms. The van der Waals surface area contributed by atoms with E-state index in [0.29, 0.717) is 0 Å². The molecule has 0 N–H and O–H groups in total. The lowest BCUT2D eigenvalue weighted by Crippen LogP contribution is -2.36. The molecule has 0 aliphatic carbocycles. The van der Waals surface area contributed by atoms with Crippen LogP contribution < -0.4 is 0 Å². The second-order valence-corrected chi connectivity index (χ2v) is 18.7. The molecule has 0 heterocycles. The van der Waals surface area contributed by atoms with Crippen molar-refractivity contribution in [2.24, 2.45) is 0 Å². The van der Waals surface area contributed by atoms with Crippen LogP contribution in [0.25, 0.3) is 0 Å². The van der Waals surface area contributed by atoms with Crippen LogP contribution >= 0.6 is 36.2 Å². The number of hydrogen-bond donors (Lipinski definition) is 1. The molecule has 3 nitrogen and oxygen atoms in total. The van der Waals surface area contributed by atoms with Crippen molar-refractivity contribution in [3.8, 4) is 0 Å². The van der Waals surface area contributed by atoms with Crippen LogP contribution in [0.1, 0.15) is 259 Å². The third-order valence-electron chi connectivity index (χ3n) is 10.4. The predicted octanol–water partition coefficient (Wildman–Crippen LogP) is 17.1. The number of hydrogen-bond acceptors (Lipinski definition) is 6. The molecule has 0 fully saturated rings. The molecule has 0 spiro atoms. The Morgan fingerprint density at radius 3 is 0.827 bits per heavy atom. The van der Waals surface area contributed by atoms with Crippen molar-refractivity contribution in [2.45, 2.75) is 276 Å². The minimum atomic E-state index is -0.645. The van der Waals surface area contributed by atoms with Crippen molar-refractivity contribution in [3.05, 3.63) is 0 Å². The first-order chi connectivity index (χ1) is 25.6. The fourth-order valence-electron chi connectivity index (χ4n) is 6.81. The smallest absolute Gasteiger partial charge is 0.374 e. The van der Waals surface area contributed by atoms with Gasteiger partial charge in [0, 0.05) is 0 Å². The lowest BCUT2D eigenvalue weighted by Gasteiger charge is -2.26. The van der Waals surface area contributed by atoms with Gasteiger partial charge in [0.1, 0.15) is 0 Å². The van der Waals surface area contributed by atoms with Crippen molar-refractivity contribution in [2.75, 3.05) is 11.5 Å². The maximum absolute atomic E-state index is 6.43. The Morgan fingerprint density at radius 2 is 0.596 bits per heavy atom. The van der Waals surface area contributed by atoms with Crippen molar-refractivity contribution in [1.82, 2.24) is 0 Å². The Hall–Kier alpha value is 0.995. The minimum Gasteiger partial charge on any atom is -0.374 e. The first-order valence-corrected chi connectivity index (χ1v) is 26.1. The van der Waals surface area contributed by atoms with E-state index in [2.05, 4.69) is 47.2 Å². The summed E-state index contributed by atoms with van der Waals surface area (Å²) >= 11 is 8.48. The highest BCUT2D eigenvalue weighted by molar-refractivity contribution is 8.00. The first kappa shape index (κ1) is 53.0. The molecule has 7 heteroatoms. The fourth-order valence-corrected chi connectivity index (χ4v) is 8.98. The number of unbranched alkanes of at least 4 members (excludes halogenated alkanes) is 30. The van der Waals surface area contributed by atoms with E-state index in [9.17, 15) is 0 Å². The molecule has 3 atom stereocenters. The van der Waals surface area contributed by atoms with E-state index in [1.807, 2.05) is 23.5 Å². The third kappa shape index (κ3) is 39.2. The lowest BCUT2D eigenvalue weighted by atomic mass is 10.0. The molecule has 312 valence electrons. The molecule has 0 bridgehead atoms. The summed E-state index contributed by atoms with van der Waals surface area (Å²) in [6.45, 7) is 11.1. The molecule has 0 radical (unpaired) electrons. The summed E-state index contributed by atoms with van der Waals surface area (Å²) in [4.78, 5) is 0. The van der Waals surface area contributed by atoms with Gasteiger partial charge in [-0.15, -0.1) is 36.2 Å². The normalized spacial score (nSPS) is 13.5. The molecule has 0 saturated heterocycles. The molecule has 0 rings (SSSR count). The summed E-state index contributed by atoms with van der Waals surface area (Å²) < 4.78 is 19.0. The molecular weight excluding hydrogens is 696 g/mol. The van der Waals surface area contributed by atoms with Crippen molar-refractivity contribution < 1.29 is 14.0 Å². The van der Waals surface area contributed by atoms with Gasteiger partial charge in [-0.1, -0.05) is 227 Å². The SMILES string of the molecule is CCCCCCCCCCCCCCCCCCSC(CC)OB(OC(S)CC)OC(CC)SCCCCCCCCCCCCCCCCCC. The number of thioether (sulfide) groups is 2. The largest absolute Gasteiger partial charge is 0.641 e. The number of thiol groups is 1. The minimum absolute atomic E-state index is 0.0987. The Bertz CT molecular complexity index is 613. The fraction of sp³-hybridized carbons (Fsp3) is 1.00. The molecule has 3 unspecified atom stereocenters. The summed E-state index contributed by atoms with van der Waals surface area (Å²) in [5.41, 5.74) is 0.0266. The zero-order valence-electron chi connectivity index (χ0n) is 36.0. The van der Waals surface area contributed by atoms with Crippen LogP contribution in [-0.2, 0) is 14.0 Å². The zero-order valence-corrected chi connectivity index (χ0v) is 38.5. The summed E-state index contributed by atoms with van der Waals surface area (Å²) in [5.74, 6) is 2.29. The van der Waals surface area contributed by atoms with Gasteiger partial charge < -0.3 is 14.0 Å². The highest BCUT2D eigenvalue weighted by Crippen LogP contribution is 2.25. The van der Waals surface area contributed by atoms with Gasteiger partial charge in [0.25, 0.3) is 0 Å². The molecule has 0 aliphatic heterocycles. The van der Waals surface area contributed by atoms with Gasteiger partial charge in [-0.2, -0.15) is 0 Å². The quantitative estimate of drug-likeness (QED) is 0.0287. The van der Waals surface area contributed by atoms with Gasteiger partial charge in [-0.25, -0.2) is 0 Å². The second-order valence-electron chi connectivity index (χ2n) is 15.6. The summed E-state index contributed by atoms with van der Waals surface area (Å²) in [6, 6.07) is 0. The van der Waals surface area contributed by atoms with Gasteiger partial charge in [0.2, 0.25) is 0 Å². The maximum atomic E-state index is 6.43.